The number of nitrogens with one attached hydrogen (secondary N) is 1. The average molecular weight is 233 g/mol. The lowest BCUT2D eigenvalue weighted by Gasteiger charge is -2.17. The molecule has 1 aliphatic heterocycles. The summed E-state index contributed by atoms with van der Waals surface area (Å²) < 4.78 is 5.46. The minimum absolute atomic E-state index is 0.493. The van der Waals surface area contributed by atoms with Crippen LogP contribution < -0.4 is 5.32 Å². The molecule has 17 heavy (non-hydrogen) atoms. The molecule has 2 rings (SSSR count). The molecule has 0 radical (unpaired) electrons. The number of ether oxygens (including phenoxy) is 1. The van der Waals surface area contributed by atoms with Crippen LogP contribution in [0.3, 0.4) is 0 Å². The fourth-order valence-corrected chi connectivity index (χ4v) is 2.48. The molecule has 0 amide bonds. The van der Waals surface area contributed by atoms with Crippen molar-refractivity contribution in [1.29, 1.82) is 0 Å². The van der Waals surface area contributed by atoms with Gasteiger partial charge in [0.15, 0.2) is 0 Å². The van der Waals surface area contributed by atoms with Gasteiger partial charge in [0.1, 0.15) is 0 Å². The standard InChI is InChI=1S/C15H23NO/c1-3-4-5-6-15(16-2)12-7-8-13-10-17-11-14(13)9-12/h7-9,15-16H,3-6,10-11H2,1-2H3. The average Bonchev–Trinajstić information content (AvgIpc) is 2.82. The molecule has 1 atom stereocenters. The van der Waals surface area contributed by atoms with E-state index in [0.717, 1.165) is 13.2 Å². The molecule has 1 aromatic rings. The summed E-state index contributed by atoms with van der Waals surface area (Å²) in [5, 5.41) is 3.43. The molecule has 1 N–H and O–H groups in total. The van der Waals surface area contributed by atoms with Crippen molar-refractivity contribution in [3.05, 3.63) is 34.9 Å². The fourth-order valence-electron chi connectivity index (χ4n) is 2.48. The van der Waals surface area contributed by atoms with Gasteiger partial charge in [-0.25, -0.2) is 0 Å². The molecule has 2 heteroatoms. The largest absolute Gasteiger partial charge is 0.372 e. The van der Waals surface area contributed by atoms with Gasteiger partial charge in [0.05, 0.1) is 13.2 Å². The highest BCUT2D eigenvalue weighted by Gasteiger charge is 2.15. The Morgan fingerprint density at radius 2 is 2.06 bits per heavy atom. The minimum Gasteiger partial charge on any atom is -0.372 e. The quantitative estimate of drug-likeness (QED) is 0.759. The first-order valence-corrected chi connectivity index (χ1v) is 6.72. The van der Waals surface area contributed by atoms with Gasteiger partial charge in [-0.3, -0.25) is 0 Å². The number of hydrogen-bond acceptors (Lipinski definition) is 2. The summed E-state index contributed by atoms with van der Waals surface area (Å²) in [4.78, 5) is 0. The summed E-state index contributed by atoms with van der Waals surface area (Å²) in [5.41, 5.74) is 4.14. The molecule has 1 unspecified atom stereocenters. The van der Waals surface area contributed by atoms with Crippen molar-refractivity contribution in [2.45, 2.75) is 51.9 Å². The zero-order valence-electron chi connectivity index (χ0n) is 11.0. The molecule has 0 aliphatic carbocycles. The Morgan fingerprint density at radius 1 is 1.24 bits per heavy atom. The van der Waals surface area contributed by atoms with Crippen LogP contribution in [0, 0.1) is 0 Å². The Kier molecular flexibility index (Phi) is 4.57. The predicted molar refractivity (Wildman–Crippen MR) is 70.9 cm³/mol. The van der Waals surface area contributed by atoms with Crippen molar-refractivity contribution in [2.24, 2.45) is 0 Å². The highest BCUT2D eigenvalue weighted by molar-refractivity contribution is 5.34. The normalized spacial score (nSPS) is 15.9. The molecule has 1 aromatic carbocycles. The second kappa shape index (κ2) is 6.18. The number of benzene rings is 1. The van der Waals surface area contributed by atoms with Crippen LogP contribution in [0.1, 0.15) is 55.3 Å². The van der Waals surface area contributed by atoms with E-state index in [1.165, 1.54) is 42.4 Å². The molecule has 0 saturated heterocycles. The number of hydrogen-bond donors (Lipinski definition) is 1. The third kappa shape index (κ3) is 3.08. The molecule has 94 valence electrons. The van der Waals surface area contributed by atoms with Crippen molar-refractivity contribution in [2.75, 3.05) is 7.05 Å². The molecular formula is C15H23NO. The van der Waals surface area contributed by atoms with E-state index in [4.69, 9.17) is 4.74 Å². The van der Waals surface area contributed by atoms with Crippen LogP contribution in [0.4, 0.5) is 0 Å². The zero-order chi connectivity index (χ0) is 12.1. The molecule has 2 nitrogen and oxygen atoms in total. The first kappa shape index (κ1) is 12.6. The van der Waals surface area contributed by atoms with E-state index in [2.05, 4.69) is 37.5 Å². The Labute approximate surface area is 104 Å². The first-order chi connectivity index (χ1) is 8.35. The van der Waals surface area contributed by atoms with Crippen molar-refractivity contribution < 1.29 is 4.74 Å². The van der Waals surface area contributed by atoms with Gasteiger partial charge in [0.2, 0.25) is 0 Å². The smallest absolute Gasteiger partial charge is 0.0725 e. The predicted octanol–water partition coefficient (Wildman–Crippen LogP) is 3.56. The van der Waals surface area contributed by atoms with Crippen LogP contribution >= 0.6 is 0 Å². The Morgan fingerprint density at radius 3 is 2.82 bits per heavy atom. The van der Waals surface area contributed by atoms with E-state index in [1.54, 1.807) is 0 Å². The Balaban J connectivity index is 2.03. The van der Waals surface area contributed by atoms with Gasteiger partial charge in [-0.05, 0) is 30.2 Å². The van der Waals surface area contributed by atoms with Gasteiger partial charge in [0, 0.05) is 6.04 Å². The van der Waals surface area contributed by atoms with Gasteiger partial charge >= 0.3 is 0 Å². The highest BCUT2D eigenvalue weighted by atomic mass is 16.5. The van der Waals surface area contributed by atoms with Crippen LogP contribution in [0.25, 0.3) is 0 Å². The van der Waals surface area contributed by atoms with Crippen molar-refractivity contribution in [3.8, 4) is 0 Å². The summed E-state index contributed by atoms with van der Waals surface area (Å²) in [7, 11) is 2.06. The number of fused-ring (bicyclic) bond motifs is 1. The van der Waals surface area contributed by atoms with Gasteiger partial charge in [-0.15, -0.1) is 0 Å². The molecule has 0 spiro atoms. The minimum atomic E-state index is 0.493. The molecule has 1 heterocycles. The molecule has 0 aromatic heterocycles. The lowest BCUT2D eigenvalue weighted by atomic mass is 9.97. The zero-order valence-corrected chi connectivity index (χ0v) is 11.0. The maximum absolute atomic E-state index is 5.46. The summed E-state index contributed by atoms with van der Waals surface area (Å²) in [6.07, 6.45) is 5.14. The van der Waals surface area contributed by atoms with E-state index in [0.29, 0.717) is 6.04 Å². The van der Waals surface area contributed by atoms with Crippen molar-refractivity contribution in [1.82, 2.24) is 5.32 Å². The lowest BCUT2D eigenvalue weighted by Crippen LogP contribution is -2.16. The number of rotatable bonds is 6. The van der Waals surface area contributed by atoms with Crippen LogP contribution in [-0.2, 0) is 18.0 Å². The first-order valence-electron chi connectivity index (χ1n) is 6.72. The third-order valence-corrected chi connectivity index (χ3v) is 3.59. The molecule has 0 fully saturated rings. The van der Waals surface area contributed by atoms with Crippen molar-refractivity contribution >= 4 is 0 Å². The second-order valence-corrected chi connectivity index (χ2v) is 4.86. The molecule has 0 saturated carbocycles. The lowest BCUT2D eigenvalue weighted by molar-refractivity contribution is 0.134. The Bertz CT molecular complexity index is 362. The number of unbranched alkanes of at least 4 members (excludes halogenated alkanes) is 2. The summed E-state index contributed by atoms with van der Waals surface area (Å²) in [6, 6.07) is 7.28. The maximum atomic E-state index is 5.46. The van der Waals surface area contributed by atoms with Gasteiger partial charge < -0.3 is 10.1 Å². The van der Waals surface area contributed by atoms with Gasteiger partial charge in [-0.2, -0.15) is 0 Å². The van der Waals surface area contributed by atoms with Gasteiger partial charge in [0.25, 0.3) is 0 Å². The second-order valence-electron chi connectivity index (χ2n) is 4.86. The Hall–Kier alpha value is -0.860. The summed E-state index contributed by atoms with van der Waals surface area (Å²) in [6.45, 7) is 3.82. The highest BCUT2D eigenvalue weighted by Crippen LogP contribution is 2.26. The monoisotopic (exact) mass is 233 g/mol. The van der Waals surface area contributed by atoms with E-state index in [1.807, 2.05) is 0 Å². The van der Waals surface area contributed by atoms with Crippen LogP contribution in [0.15, 0.2) is 18.2 Å². The van der Waals surface area contributed by atoms with Crippen LogP contribution in [0.2, 0.25) is 0 Å². The van der Waals surface area contributed by atoms with E-state index in [9.17, 15) is 0 Å². The third-order valence-electron chi connectivity index (χ3n) is 3.59. The van der Waals surface area contributed by atoms with Crippen LogP contribution in [-0.4, -0.2) is 7.05 Å². The molecule has 1 aliphatic rings. The maximum Gasteiger partial charge on any atom is 0.0725 e. The van der Waals surface area contributed by atoms with E-state index in [-0.39, 0.29) is 0 Å². The molecule has 0 bridgehead atoms. The van der Waals surface area contributed by atoms with E-state index < -0.39 is 0 Å². The summed E-state index contributed by atoms with van der Waals surface area (Å²) in [5.74, 6) is 0. The topological polar surface area (TPSA) is 21.3 Å². The van der Waals surface area contributed by atoms with Crippen molar-refractivity contribution in [3.63, 3.8) is 0 Å². The molecular weight excluding hydrogens is 210 g/mol. The van der Waals surface area contributed by atoms with Crippen LogP contribution in [0.5, 0.6) is 0 Å². The summed E-state index contributed by atoms with van der Waals surface area (Å²) >= 11 is 0. The SMILES string of the molecule is CCCCCC(NC)c1ccc2c(c1)COC2. The van der Waals surface area contributed by atoms with E-state index >= 15 is 0 Å². The fraction of sp³-hybridized carbons (Fsp3) is 0.600. The van der Waals surface area contributed by atoms with Gasteiger partial charge in [-0.1, -0.05) is 44.4 Å².